The minimum absolute atomic E-state index is 0.0651. The van der Waals surface area contributed by atoms with Crippen molar-refractivity contribution < 1.29 is 13.6 Å². The van der Waals surface area contributed by atoms with E-state index in [9.17, 15) is 13.6 Å². The monoisotopic (exact) mass is 310 g/mol. The Labute approximate surface area is 128 Å². The van der Waals surface area contributed by atoms with E-state index in [0.29, 0.717) is 24.9 Å². The zero-order chi connectivity index (χ0) is 15.5. The molecule has 1 aromatic heterocycles. The van der Waals surface area contributed by atoms with Gasteiger partial charge in [0.15, 0.2) is 0 Å². The molecule has 0 N–H and O–H groups in total. The number of nitrogens with zero attached hydrogens (tertiary/aromatic N) is 4. The third-order valence-electron chi connectivity index (χ3n) is 4.49. The van der Waals surface area contributed by atoms with Gasteiger partial charge in [-0.3, -0.25) is 4.79 Å². The second-order valence-electron chi connectivity index (χ2n) is 5.90. The van der Waals surface area contributed by atoms with Gasteiger partial charge in [-0.2, -0.15) is 0 Å². The first-order valence-corrected chi connectivity index (χ1v) is 7.79. The lowest BCUT2D eigenvalue weighted by atomic mass is 9.93. The molecule has 1 aromatic rings. The first kappa shape index (κ1) is 15.1. The number of alkyl halides is 2. The third-order valence-corrected chi connectivity index (χ3v) is 4.49. The van der Waals surface area contributed by atoms with Gasteiger partial charge in [0.2, 0.25) is 5.91 Å². The van der Waals surface area contributed by atoms with Crippen molar-refractivity contribution in [1.82, 2.24) is 14.9 Å². The summed E-state index contributed by atoms with van der Waals surface area (Å²) in [7, 11) is 0. The number of rotatable bonds is 3. The number of piperazine rings is 1. The van der Waals surface area contributed by atoms with Gasteiger partial charge < -0.3 is 9.80 Å². The number of aromatic nitrogens is 2. The zero-order valence-corrected chi connectivity index (χ0v) is 12.4. The Morgan fingerprint density at radius 2 is 1.91 bits per heavy atom. The van der Waals surface area contributed by atoms with Crippen LogP contribution in [0.2, 0.25) is 0 Å². The van der Waals surface area contributed by atoms with Crippen molar-refractivity contribution in [1.29, 1.82) is 0 Å². The minimum Gasteiger partial charge on any atom is -0.345 e. The number of carbonyl (C=O) groups is 1. The fourth-order valence-electron chi connectivity index (χ4n) is 3.31. The summed E-state index contributed by atoms with van der Waals surface area (Å²) in [6.45, 7) is 1.47. The van der Waals surface area contributed by atoms with E-state index in [1.165, 1.54) is 25.3 Å². The van der Waals surface area contributed by atoms with Crippen LogP contribution in [0.15, 0.2) is 12.4 Å². The van der Waals surface area contributed by atoms with E-state index in [2.05, 4.69) is 9.97 Å². The molecule has 0 spiro atoms. The zero-order valence-electron chi connectivity index (χ0n) is 12.4. The molecule has 0 unspecified atom stereocenters. The lowest BCUT2D eigenvalue weighted by Gasteiger charge is -2.40. The lowest BCUT2D eigenvalue weighted by Crippen LogP contribution is -2.54. The van der Waals surface area contributed by atoms with E-state index in [4.69, 9.17) is 0 Å². The molecule has 1 aliphatic carbocycles. The number of hydrogen-bond acceptors (Lipinski definition) is 4. The van der Waals surface area contributed by atoms with Crippen molar-refractivity contribution in [3.63, 3.8) is 0 Å². The maximum Gasteiger partial charge on any atom is 0.280 e. The van der Waals surface area contributed by atoms with Crippen molar-refractivity contribution in [3.05, 3.63) is 18.1 Å². The van der Waals surface area contributed by atoms with Crippen LogP contribution < -0.4 is 4.90 Å². The molecule has 22 heavy (non-hydrogen) atoms. The molecule has 1 aliphatic heterocycles. The van der Waals surface area contributed by atoms with E-state index >= 15 is 0 Å². The highest BCUT2D eigenvalue weighted by Crippen LogP contribution is 2.26. The van der Waals surface area contributed by atoms with E-state index in [1.54, 1.807) is 4.90 Å². The van der Waals surface area contributed by atoms with Crippen molar-refractivity contribution in [2.24, 2.45) is 0 Å². The van der Waals surface area contributed by atoms with Crippen LogP contribution in [0.25, 0.3) is 0 Å². The first-order valence-electron chi connectivity index (χ1n) is 7.79. The number of halogens is 2. The van der Waals surface area contributed by atoms with Gasteiger partial charge in [-0.25, -0.2) is 18.7 Å². The smallest absolute Gasteiger partial charge is 0.280 e. The summed E-state index contributed by atoms with van der Waals surface area (Å²) >= 11 is 0. The average molecular weight is 310 g/mol. The van der Waals surface area contributed by atoms with Crippen LogP contribution in [0.1, 0.15) is 44.2 Å². The number of carbonyl (C=O) groups excluding carboxylic acids is 1. The molecular weight excluding hydrogens is 290 g/mol. The Kier molecular flexibility index (Phi) is 4.49. The Morgan fingerprint density at radius 1 is 1.14 bits per heavy atom. The summed E-state index contributed by atoms with van der Waals surface area (Å²) in [6, 6.07) is 1.62. The highest BCUT2D eigenvalue weighted by molar-refractivity contribution is 5.82. The summed E-state index contributed by atoms with van der Waals surface area (Å²) in [5.41, 5.74) is -0.299. The molecule has 0 aromatic carbocycles. The van der Waals surface area contributed by atoms with Crippen LogP contribution >= 0.6 is 0 Å². The highest BCUT2D eigenvalue weighted by atomic mass is 19.3. The van der Waals surface area contributed by atoms with Crippen LogP contribution in [-0.4, -0.2) is 46.5 Å². The molecule has 2 heterocycles. The van der Waals surface area contributed by atoms with E-state index in [1.807, 2.05) is 4.90 Å². The van der Waals surface area contributed by atoms with Gasteiger partial charge in [0.05, 0.1) is 6.54 Å². The summed E-state index contributed by atoms with van der Waals surface area (Å²) in [6.07, 6.45) is 4.28. The molecular formula is C15H20F2N4O. The number of hydrogen-bond donors (Lipinski definition) is 0. The second-order valence-corrected chi connectivity index (χ2v) is 5.90. The Bertz CT molecular complexity index is 534. The molecule has 0 bridgehead atoms. The molecule has 2 fully saturated rings. The molecule has 1 saturated heterocycles. The van der Waals surface area contributed by atoms with Gasteiger partial charge in [0.25, 0.3) is 6.43 Å². The van der Waals surface area contributed by atoms with Gasteiger partial charge in [0, 0.05) is 25.2 Å². The normalized spacial score (nSPS) is 20.8. The highest BCUT2D eigenvalue weighted by Gasteiger charge is 2.31. The van der Waals surface area contributed by atoms with E-state index in [0.717, 1.165) is 19.2 Å². The van der Waals surface area contributed by atoms with Gasteiger partial charge in [-0.05, 0) is 12.8 Å². The van der Waals surface area contributed by atoms with Gasteiger partial charge >= 0.3 is 0 Å². The van der Waals surface area contributed by atoms with Crippen LogP contribution in [0, 0.1) is 0 Å². The summed E-state index contributed by atoms with van der Waals surface area (Å²) in [5.74, 6) is 0.470. The predicted molar refractivity (Wildman–Crippen MR) is 77.8 cm³/mol. The van der Waals surface area contributed by atoms with Crippen molar-refractivity contribution in [2.75, 3.05) is 24.5 Å². The lowest BCUT2D eigenvalue weighted by molar-refractivity contribution is -0.134. The number of anilines is 1. The van der Waals surface area contributed by atoms with Crippen LogP contribution in [0.3, 0.4) is 0 Å². The Hall–Kier alpha value is -1.79. The topological polar surface area (TPSA) is 49.3 Å². The van der Waals surface area contributed by atoms with Gasteiger partial charge in [-0.1, -0.05) is 19.3 Å². The molecule has 120 valence electrons. The molecule has 2 aliphatic rings. The summed E-state index contributed by atoms with van der Waals surface area (Å²) in [4.78, 5) is 23.7. The Balaban J connectivity index is 1.67. The first-order chi connectivity index (χ1) is 10.6. The fourth-order valence-corrected chi connectivity index (χ4v) is 3.31. The molecule has 1 amide bonds. The van der Waals surface area contributed by atoms with E-state index < -0.39 is 6.43 Å². The largest absolute Gasteiger partial charge is 0.345 e. The maximum absolute atomic E-state index is 12.7. The van der Waals surface area contributed by atoms with Crippen molar-refractivity contribution in [2.45, 2.75) is 44.6 Å². The SMILES string of the molecule is O=C1CN(c2cc(C(F)F)ncn2)CCN1C1CCCCC1. The average Bonchev–Trinajstić information content (AvgIpc) is 2.55. The molecule has 0 radical (unpaired) electrons. The van der Waals surface area contributed by atoms with Crippen LogP contribution in [-0.2, 0) is 4.79 Å². The minimum atomic E-state index is -2.62. The fraction of sp³-hybridized carbons (Fsp3) is 0.667. The maximum atomic E-state index is 12.7. The molecule has 7 heteroatoms. The molecule has 5 nitrogen and oxygen atoms in total. The van der Waals surface area contributed by atoms with Crippen LogP contribution in [0.5, 0.6) is 0 Å². The predicted octanol–water partition coefficient (Wildman–Crippen LogP) is 2.40. The molecule has 3 rings (SSSR count). The molecule has 0 atom stereocenters. The van der Waals surface area contributed by atoms with Crippen molar-refractivity contribution >= 4 is 11.7 Å². The summed E-state index contributed by atoms with van der Waals surface area (Å²) < 4.78 is 25.4. The quantitative estimate of drug-likeness (QED) is 0.860. The number of amides is 1. The second kappa shape index (κ2) is 6.54. The van der Waals surface area contributed by atoms with Gasteiger partial charge in [-0.15, -0.1) is 0 Å². The van der Waals surface area contributed by atoms with Gasteiger partial charge in [0.1, 0.15) is 17.8 Å². The standard InChI is InChI=1S/C15H20F2N4O/c16-15(17)12-8-13(19-10-18-12)20-6-7-21(14(22)9-20)11-4-2-1-3-5-11/h8,10-11,15H,1-7,9H2. The van der Waals surface area contributed by atoms with Crippen LogP contribution in [0.4, 0.5) is 14.6 Å². The Morgan fingerprint density at radius 3 is 2.59 bits per heavy atom. The molecule has 1 saturated carbocycles. The summed E-state index contributed by atoms with van der Waals surface area (Å²) in [5, 5.41) is 0. The van der Waals surface area contributed by atoms with Crippen molar-refractivity contribution in [3.8, 4) is 0 Å². The van der Waals surface area contributed by atoms with E-state index in [-0.39, 0.29) is 18.1 Å². The third kappa shape index (κ3) is 3.18.